The SMILES string of the molecule is CC(O)CC(C)OC1CCC1. The minimum Gasteiger partial charge on any atom is -0.393 e. The van der Waals surface area contributed by atoms with Crippen LogP contribution in [0.2, 0.25) is 0 Å². The van der Waals surface area contributed by atoms with Crippen molar-refractivity contribution in [3.05, 3.63) is 0 Å². The summed E-state index contributed by atoms with van der Waals surface area (Å²) in [4.78, 5) is 0. The van der Waals surface area contributed by atoms with E-state index in [2.05, 4.69) is 0 Å². The highest BCUT2D eigenvalue weighted by Gasteiger charge is 2.20. The van der Waals surface area contributed by atoms with Gasteiger partial charge in [-0.1, -0.05) is 0 Å². The van der Waals surface area contributed by atoms with Gasteiger partial charge in [-0.15, -0.1) is 0 Å². The lowest BCUT2D eigenvalue weighted by Crippen LogP contribution is -2.28. The molecule has 0 aromatic heterocycles. The molecule has 2 nitrogen and oxygen atoms in total. The number of rotatable bonds is 4. The highest BCUT2D eigenvalue weighted by atomic mass is 16.5. The van der Waals surface area contributed by atoms with Gasteiger partial charge in [0.15, 0.2) is 0 Å². The molecule has 0 spiro atoms. The van der Waals surface area contributed by atoms with Crippen LogP contribution in [0.5, 0.6) is 0 Å². The topological polar surface area (TPSA) is 29.5 Å². The van der Waals surface area contributed by atoms with E-state index in [0.717, 1.165) is 6.42 Å². The van der Waals surface area contributed by atoms with Crippen LogP contribution >= 0.6 is 0 Å². The molecule has 0 heterocycles. The van der Waals surface area contributed by atoms with Crippen molar-refractivity contribution < 1.29 is 9.84 Å². The Labute approximate surface area is 68.6 Å². The van der Waals surface area contributed by atoms with Crippen LogP contribution in [0.15, 0.2) is 0 Å². The predicted octanol–water partition coefficient (Wildman–Crippen LogP) is 1.71. The molecule has 11 heavy (non-hydrogen) atoms. The van der Waals surface area contributed by atoms with E-state index in [1.54, 1.807) is 6.92 Å². The van der Waals surface area contributed by atoms with Gasteiger partial charge in [0, 0.05) is 0 Å². The van der Waals surface area contributed by atoms with Crippen LogP contribution in [0.1, 0.15) is 39.5 Å². The van der Waals surface area contributed by atoms with Gasteiger partial charge in [-0.2, -0.15) is 0 Å². The average Bonchev–Trinajstić information content (AvgIpc) is 1.77. The smallest absolute Gasteiger partial charge is 0.0578 e. The van der Waals surface area contributed by atoms with E-state index in [1.807, 2.05) is 6.92 Å². The summed E-state index contributed by atoms with van der Waals surface area (Å²) in [6, 6.07) is 0. The lowest BCUT2D eigenvalue weighted by molar-refractivity contribution is -0.0579. The second kappa shape index (κ2) is 4.07. The first-order chi connectivity index (χ1) is 5.18. The largest absolute Gasteiger partial charge is 0.393 e. The third kappa shape index (κ3) is 3.21. The fourth-order valence-electron chi connectivity index (χ4n) is 1.37. The van der Waals surface area contributed by atoms with Gasteiger partial charge in [0.2, 0.25) is 0 Å². The maximum absolute atomic E-state index is 9.05. The molecular weight excluding hydrogens is 140 g/mol. The Balaban J connectivity index is 2.04. The summed E-state index contributed by atoms with van der Waals surface area (Å²) in [5, 5.41) is 9.05. The Kier molecular flexibility index (Phi) is 3.34. The van der Waals surface area contributed by atoms with Gasteiger partial charge in [-0.3, -0.25) is 0 Å². The van der Waals surface area contributed by atoms with Crippen LogP contribution in [0.3, 0.4) is 0 Å². The maximum Gasteiger partial charge on any atom is 0.0578 e. The van der Waals surface area contributed by atoms with Crippen molar-refractivity contribution >= 4 is 0 Å². The zero-order valence-electron chi connectivity index (χ0n) is 7.42. The number of ether oxygens (including phenoxy) is 1. The number of aliphatic hydroxyl groups excluding tert-OH is 1. The summed E-state index contributed by atoms with van der Waals surface area (Å²) in [5.41, 5.74) is 0. The molecule has 2 heteroatoms. The molecule has 0 bridgehead atoms. The van der Waals surface area contributed by atoms with Crippen LogP contribution in [0.4, 0.5) is 0 Å². The molecule has 1 N–H and O–H groups in total. The molecule has 2 unspecified atom stereocenters. The van der Waals surface area contributed by atoms with Crippen molar-refractivity contribution in [3.8, 4) is 0 Å². The zero-order valence-corrected chi connectivity index (χ0v) is 7.42. The molecule has 0 saturated heterocycles. The summed E-state index contributed by atoms with van der Waals surface area (Å²) >= 11 is 0. The minimum atomic E-state index is -0.231. The number of hydrogen-bond donors (Lipinski definition) is 1. The summed E-state index contributed by atoms with van der Waals surface area (Å²) in [7, 11) is 0. The van der Waals surface area contributed by atoms with Gasteiger partial charge in [0.1, 0.15) is 0 Å². The normalized spacial score (nSPS) is 24.3. The van der Waals surface area contributed by atoms with E-state index in [4.69, 9.17) is 9.84 Å². The average molecular weight is 158 g/mol. The standard InChI is InChI=1S/C9H18O2/c1-7(10)6-8(2)11-9-4-3-5-9/h7-10H,3-6H2,1-2H3. The van der Waals surface area contributed by atoms with E-state index >= 15 is 0 Å². The van der Waals surface area contributed by atoms with Crippen molar-refractivity contribution in [3.63, 3.8) is 0 Å². The van der Waals surface area contributed by atoms with Crippen molar-refractivity contribution in [2.24, 2.45) is 0 Å². The molecule has 0 aliphatic heterocycles. The van der Waals surface area contributed by atoms with E-state index in [9.17, 15) is 0 Å². The Bertz CT molecular complexity index is 108. The van der Waals surface area contributed by atoms with Crippen LogP contribution < -0.4 is 0 Å². The fraction of sp³-hybridized carbons (Fsp3) is 1.00. The van der Waals surface area contributed by atoms with Crippen LogP contribution in [-0.4, -0.2) is 23.4 Å². The monoisotopic (exact) mass is 158 g/mol. The van der Waals surface area contributed by atoms with Gasteiger partial charge < -0.3 is 9.84 Å². The predicted molar refractivity (Wildman–Crippen MR) is 44.5 cm³/mol. The van der Waals surface area contributed by atoms with Gasteiger partial charge >= 0.3 is 0 Å². The Morgan fingerprint density at radius 1 is 1.45 bits per heavy atom. The van der Waals surface area contributed by atoms with Crippen LogP contribution in [0, 0.1) is 0 Å². The van der Waals surface area contributed by atoms with E-state index in [-0.39, 0.29) is 12.2 Å². The Morgan fingerprint density at radius 3 is 2.45 bits per heavy atom. The molecule has 1 fully saturated rings. The van der Waals surface area contributed by atoms with Crippen LogP contribution in [0.25, 0.3) is 0 Å². The molecule has 66 valence electrons. The number of hydrogen-bond acceptors (Lipinski definition) is 2. The van der Waals surface area contributed by atoms with Crippen LogP contribution in [-0.2, 0) is 4.74 Å². The molecule has 2 atom stereocenters. The van der Waals surface area contributed by atoms with Gasteiger partial charge in [-0.05, 0) is 39.5 Å². The number of aliphatic hydroxyl groups is 1. The van der Waals surface area contributed by atoms with Gasteiger partial charge in [0.05, 0.1) is 18.3 Å². The highest BCUT2D eigenvalue weighted by molar-refractivity contribution is 4.71. The van der Waals surface area contributed by atoms with Gasteiger partial charge in [0.25, 0.3) is 0 Å². The minimum absolute atomic E-state index is 0.222. The fourth-order valence-corrected chi connectivity index (χ4v) is 1.37. The zero-order chi connectivity index (χ0) is 8.27. The van der Waals surface area contributed by atoms with Crippen molar-refractivity contribution in [2.75, 3.05) is 0 Å². The Hall–Kier alpha value is -0.0800. The maximum atomic E-state index is 9.05. The Morgan fingerprint density at radius 2 is 2.09 bits per heavy atom. The highest BCUT2D eigenvalue weighted by Crippen LogP contribution is 2.24. The summed E-state index contributed by atoms with van der Waals surface area (Å²) < 4.78 is 5.64. The molecule has 0 aromatic rings. The first kappa shape index (κ1) is 9.01. The van der Waals surface area contributed by atoms with E-state index in [0.29, 0.717) is 6.10 Å². The third-order valence-electron chi connectivity index (χ3n) is 2.15. The van der Waals surface area contributed by atoms with E-state index in [1.165, 1.54) is 19.3 Å². The second-order valence-corrected chi connectivity index (χ2v) is 3.58. The van der Waals surface area contributed by atoms with Crippen molar-refractivity contribution in [2.45, 2.75) is 57.8 Å². The second-order valence-electron chi connectivity index (χ2n) is 3.58. The molecule has 0 amide bonds. The van der Waals surface area contributed by atoms with Crippen molar-refractivity contribution in [1.29, 1.82) is 0 Å². The third-order valence-corrected chi connectivity index (χ3v) is 2.15. The molecule has 1 rings (SSSR count). The van der Waals surface area contributed by atoms with Gasteiger partial charge in [-0.25, -0.2) is 0 Å². The molecule has 1 aliphatic carbocycles. The first-order valence-corrected chi connectivity index (χ1v) is 4.52. The quantitative estimate of drug-likeness (QED) is 0.675. The molecule has 1 saturated carbocycles. The molecule has 0 radical (unpaired) electrons. The summed E-state index contributed by atoms with van der Waals surface area (Å²) in [6.45, 7) is 3.84. The summed E-state index contributed by atoms with van der Waals surface area (Å²) in [6.07, 6.45) is 4.98. The summed E-state index contributed by atoms with van der Waals surface area (Å²) in [5.74, 6) is 0. The van der Waals surface area contributed by atoms with E-state index < -0.39 is 0 Å². The first-order valence-electron chi connectivity index (χ1n) is 4.52. The van der Waals surface area contributed by atoms with Crippen molar-refractivity contribution in [1.82, 2.24) is 0 Å². The lowest BCUT2D eigenvalue weighted by atomic mass is 9.96. The molecule has 0 aromatic carbocycles. The molecule has 1 aliphatic rings. The molecular formula is C9H18O2. The lowest BCUT2D eigenvalue weighted by Gasteiger charge is -2.29.